The highest BCUT2D eigenvalue weighted by Crippen LogP contribution is 2.29. The van der Waals surface area contributed by atoms with Crippen molar-refractivity contribution < 1.29 is 19.2 Å². The second-order valence-corrected chi connectivity index (χ2v) is 5.38. The lowest BCUT2D eigenvalue weighted by Gasteiger charge is -2.11. The van der Waals surface area contributed by atoms with Crippen LogP contribution in [-0.4, -0.2) is 17.5 Å². The molecule has 3 aromatic carbocycles. The first-order chi connectivity index (χ1) is 12.6. The SMILES string of the molecule is O=C(COc1ccc([N+](=O)[O-])cc1)Oc1ccccc1-c1ccccc1. The van der Waals surface area contributed by atoms with Crippen molar-refractivity contribution in [3.8, 4) is 22.6 Å². The molecule has 0 aliphatic carbocycles. The van der Waals surface area contributed by atoms with Gasteiger partial charge < -0.3 is 9.47 Å². The molecule has 6 nitrogen and oxygen atoms in total. The first kappa shape index (κ1) is 17.2. The molecule has 0 atom stereocenters. The standard InChI is InChI=1S/C20H15NO5/c22-20(14-25-17-12-10-16(11-13-17)21(23)24)26-19-9-5-4-8-18(19)15-6-2-1-3-7-15/h1-13H,14H2. The molecule has 0 saturated heterocycles. The highest BCUT2D eigenvalue weighted by atomic mass is 16.6. The van der Waals surface area contributed by atoms with Gasteiger partial charge in [0.25, 0.3) is 5.69 Å². The molecule has 0 N–H and O–H groups in total. The van der Waals surface area contributed by atoms with Crippen LogP contribution in [0.1, 0.15) is 0 Å². The molecule has 0 aromatic heterocycles. The van der Waals surface area contributed by atoms with Gasteiger partial charge in [-0.05, 0) is 23.8 Å². The monoisotopic (exact) mass is 349 g/mol. The Kier molecular flexibility index (Phi) is 5.24. The van der Waals surface area contributed by atoms with E-state index in [1.165, 1.54) is 24.3 Å². The fourth-order valence-electron chi connectivity index (χ4n) is 2.37. The number of nitro groups is 1. The number of non-ortho nitro benzene ring substituents is 1. The molecule has 0 fully saturated rings. The van der Waals surface area contributed by atoms with Crippen LogP contribution >= 0.6 is 0 Å². The van der Waals surface area contributed by atoms with Gasteiger partial charge in [-0.3, -0.25) is 10.1 Å². The summed E-state index contributed by atoms with van der Waals surface area (Å²) in [4.78, 5) is 22.2. The van der Waals surface area contributed by atoms with Gasteiger partial charge in [0.1, 0.15) is 11.5 Å². The summed E-state index contributed by atoms with van der Waals surface area (Å²) >= 11 is 0. The van der Waals surface area contributed by atoms with Crippen LogP contribution in [0, 0.1) is 10.1 Å². The number of benzene rings is 3. The number of nitro benzene ring substituents is 1. The van der Waals surface area contributed by atoms with Crippen LogP contribution in [0.4, 0.5) is 5.69 Å². The Morgan fingerprint density at radius 3 is 2.23 bits per heavy atom. The summed E-state index contributed by atoms with van der Waals surface area (Å²) in [6.07, 6.45) is 0. The molecule has 26 heavy (non-hydrogen) atoms. The first-order valence-corrected chi connectivity index (χ1v) is 7.86. The molecule has 0 heterocycles. The second-order valence-electron chi connectivity index (χ2n) is 5.38. The molecule has 0 unspecified atom stereocenters. The van der Waals surface area contributed by atoms with E-state index in [2.05, 4.69) is 0 Å². The van der Waals surface area contributed by atoms with Crippen LogP contribution in [-0.2, 0) is 4.79 Å². The van der Waals surface area contributed by atoms with Gasteiger partial charge in [0, 0.05) is 17.7 Å². The zero-order chi connectivity index (χ0) is 18.4. The quantitative estimate of drug-likeness (QED) is 0.288. The lowest BCUT2D eigenvalue weighted by atomic mass is 10.1. The Balaban J connectivity index is 1.65. The van der Waals surface area contributed by atoms with Crippen LogP contribution in [0.25, 0.3) is 11.1 Å². The topological polar surface area (TPSA) is 78.7 Å². The Labute approximate surface area is 149 Å². The normalized spacial score (nSPS) is 10.2. The van der Waals surface area contributed by atoms with Crippen LogP contribution in [0.15, 0.2) is 78.9 Å². The van der Waals surface area contributed by atoms with E-state index >= 15 is 0 Å². The number of esters is 1. The molecule has 0 spiro atoms. The van der Waals surface area contributed by atoms with Gasteiger partial charge in [0.15, 0.2) is 6.61 Å². The zero-order valence-electron chi connectivity index (χ0n) is 13.7. The number of hydrogen-bond donors (Lipinski definition) is 0. The van der Waals surface area contributed by atoms with E-state index in [0.717, 1.165) is 11.1 Å². The largest absolute Gasteiger partial charge is 0.482 e. The van der Waals surface area contributed by atoms with Crippen LogP contribution in [0.5, 0.6) is 11.5 Å². The van der Waals surface area contributed by atoms with Crippen molar-refractivity contribution >= 4 is 11.7 Å². The maximum absolute atomic E-state index is 12.1. The van der Waals surface area contributed by atoms with Crippen molar-refractivity contribution in [2.75, 3.05) is 6.61 Å². The van der Waals surface area contributed by atoms with Crippen LogP contribution in [0.3, 0.4) is 0 Å². The summed E-state index contributed by atoms with van der Waals surface area (Å²) in [6.45, 7) is -0.305. The molecule has 0 saturated carbocycles. The minimum absolute atomic E-state index is 0.0447. The Morgan fingerprint density at radius 2 is 1.54 bits per heavy atom. The fourth-order valence-corrected chi connectivity index (χ4v) is 2.37. The Hall–Kier alpha value is -3.67. The van der Waals surface area contributed by atoms with Crippen molar-refractivity contribution in [1.82, 2.24) is 0 Å². The second kappa shape index (κ2) is 7.94. The van der Waals surface area contributed by atoms with E-state index in [9.17, 15) is 14.9 Å². The lowest BCUT2D eigenvalue weighted by molar-refractivity contribution is -0.384. The van der Waals surface area contributed by atoms with Crippen molar-refractivity contribution in [1.29, 1.82) is 0 Å². The van der Waals surface area contributed by atoms with Gasteiger partial charge in [-0.1, -0.05) is 48.5 Å². The molecule has 3 aromatic rings. The number of para-hydroxylation sites is 1. The summed E-state index contributed by atoms with van der Waals surface area (Å²) in [5.41, 5.74) is 1.70. The van der Waals surface area contributed by atoms with E-state index in [1.54, 1.807) is 12.1 Å². The number of carbonyl (C=O) groups excluding carboxylic acids is 1. The maximum atomic E-state index is 12.1. The third-order valence-corrected chi connectivity index (χ3v) is 3.60. The van der Waals surface area contributed by atoms with Gasteiger partial charge in [0.05, 0.1) is 4.92 Å². The van der Waals surface area contributed by atoms with E-state index in [1.807, 2.05) is 42.5 Å². The van der Waals surface area contributed by atoms with E-state index in [0.29, 0.717) is 11.5 Å². The van der Waals surface area contributed by atoms with Crippen molar-refractivity contribution in [2.45, 2.75) is 0 Å². The Bertz CT molecular complexity index is 907. The molecular formula is C20H15NO5. The van der Waals surface area contributed by atoms with Crippen molar-refractivity contribution in [3.63, 3.8) is 0 Å². The van der Waals surface area contributed by atoms with Gasteiger partial charge in [0.2, 0.25) is 0 Å². The molecule has 6 heteroatoms. The maximum Gasteiger partial charge on any atom is 0.349 e. The Morgan fingerprint density at radius 1 is 0.885 bits per heavy atom. The lowest BCUT2D eigenvalue weighted by Crippen LogP contribution is -2.18. The number of ether oxygens (including phenoxy) is 2. The first-order valence-electron chi connectivity index (χ1n) is 7.86. The van der Waals surface area contributed by atoms with Crippen LogP contribution in [0.2, 0.25) is 0 Å². The average Bonchev–Trinajstić information content (AvgIpc) is 2.68. The van der Waals surface area contributed by atoms with Gasteiger partial charge in [-0.15, -0.1) is 0 Å². The molecule has 0 aliphatic heterocycles. The number of carbonyl (C=O) groups is 1. The van der Waals surface area contributed by atoms with E-state index in [4.69, 9.17) is 9.47 Å². The highest BCUT2D eigenvalue weighted by Gasteiger charge is 2.12. The predicted octanol–water partition coefficient (Wildman–Crippen LogP) is 4.25. The molecule has 3 rings (SSSR count). The van der Waals surface area contributed by atoms with E-state index < -0.39 is 10.9 Å². The highest BCUT2D eigenvalue weighted by molar-refractivity contribution is 5.78. The summed E-state index contributed by atoms with van der Waals surface area (Å²) < 4.78 is 10.7. The summed E-state index contributed by atoms with van der Waals surface area (Å²) in [7, 11) is 0. The zero-order valence-corrected chi connectivity index (χ0v) is 13.7. The molecular weight excluding hydrogens is 334 g/mol. The number of nitrogens with zero attached hydrogens (tertiary/aromatic N) is 1. The number of rotatable bonds is 6. The third kappa shape index (κ3) is 4.24. The molecule has 0 aliphatic rings. The van der Waals surface area contributed by atoms with Gasteiger partial charge >= 0.3 is 5.97 Å². The minimum atomic E-state index is -0.563. The smallest absolute Gasteiger partial charge is 0.349 e. The van der Waals surface area contributed by atoms with Crippen LogP contribution < -0.4 is 9.47 Å². The average molecular weight is 349 g/mol. The van der Waals surface area contributed by atoms with Crippen molar-refractivity contribution in [2.24, 2.45) is 0 Å². The number of hydrogen-bond acceptors (Lipinski definition) is 5. The van der Waals surface area contributed by atoms with Gasteiger partial charge in [-0.25, -0.2) is 4.79 Å². The molecule has 130 valence electrons. The molecule has 0 bridgehead atoms. The molecule has 0 radical (unpaired) electrons. The predicted molar refractivity (Wildman–Crippen MR) is 96.1 cm³/mol. The third-order valence-electron chi connectivity index (χ3n) is 3.60. The van der Waals surface area contributed by atoms with Crippen molar-refractivity contribution in [3.05, 3.63) is 89.0 Å². The fraction of sp³-hybridized carbons (Fsp3) is 0.0500. The minimum Gasteiger partial charge on any atom is -0.482 e. The molecule has 0 amide bonds. The summed E-state index contributed by atoms with van der Waals surface area (Å²) in [5, 5.41) is 10.6. The van der Waals surface area contributed by atoms with Gasteiger partial charge in [-0.2, -0.15) is 0 Å². The van der Waals surface area contributed by atoms with E-state index in [-0.39, 0.29) is 12.3 Å². The summed E-state index contributed by atoms with van der Waals surface area (Å²) in [5.74, 6) is 0.228. The summed E-state index contributed by atoms with van der Waals surface area (Å²) in [6, 6.07) is 22.3.